The molecule has 0 bridgehead atoms. The second-order valence-corrected chi connectivity index (χ2v) is 5.68. The predicted molar refractivity (Wildman–Crippen MR) is 68.1 cm³/mol. The minimum atomic E-state index is -0.761. The van der Waals surface area contributed by atoms with Crippen LogP contribution >= 0.6 is 0 Å². The molecule has 2 atom stereocenters. The highest BCUT2D eigenvalue weighted by molar-refractivity contribution is 5.80. The molecule has 0 aliphatic heterocycles. The molecule has 0 aromatic rings. The highest BCUT2D eigenvalue weighted by Crippen LogP contribution is 2.27. The maximum Gasteiger partial charge on any atom is 0.308 e. The van der Waals surface area contributed by atoms with E-state index >= 15 is 0 Å². The summed E-state index contributed by atoms with van der Waals surface area (Å²) >= 11 is 0. The number of carbonyl (C=O) groups is 2. The zero-order valence-corrected chi connectivity index (χ0v) is 10.9. The first-order valence-corrected chi connectivity index (χ1v) is 7.21. The number of hydrogen-bond donors (Lipinski definition) is 2. The van der Waals surface area contributed by atoms with Crippen LogP contribution in [0, 0.1) is 11.8 Å². The van der Waals surface area contributed by atoms with Gasteiger partial charge >= 0.3 is 5.97 Å². The standard InChI is InChI=1S/C14H23NO3/c16-13(10-6-2-1-3-7-10)15-12-9-5-4-8-11(12)14(17)18/h10-12H,1-9H2,(H,15,16)(H,17,18). The van der Waals surface area contributed by atoms with Crippen molar-refractivity contribution >= 4 is 11.9 Å². The van der Waals surface area contributed by atoms with Crippen LogP contribution in [0.25, 0.3) is 0 Å². The van der Waals surface area contributed by atoms with E-state index in [2.05, 4.69) is 5.32 Å². The first-order chi connectivity index (χ1) is 8.68. The average molecular weight is 253 g/mol. The number of carboxylic acids is 1. The smallest absolute Gasteiger partial charge is 0.308 e. The third kappa shape index (κ3) is 3.24. The summed E-state index contributed by atoms with van der Waals surface area (Å²) in [5.74, 6) is -0.932. The summed E-state index contributed by atoms with van der Waals surface area (Å²) in [5.41, 5.74) is 0. The zero-order chi connectivity index (χ0) is 13.0. The van der Waals surface area contributed by atoms with Gasteiger partial charge in [-0.25, -0.2) is 0 Å². The Morgan fingerprint density at radius 3 is 2.17 bits per heavy atom. The van der Waals surface area contributed by atoms with Crippen molar-refractivity contribution in [3.63, 3.8) is 0 Å². The van der Waals surface area contributed by atoms with Gasteiger partial charge in [-0.2, -0.15) is 0 Å². The zero-order valence-electron chi connectivity index (χ0n) is 10.9. The quantitative estimate of drug-likeness (QED) is 0.811. The van der Waals surface area contributed by atoms with Gasteiger partial charge in [0.1, 0.15) is 0 Å². The molecule has 0 aromatic heterocycles. The Bertz CT molecular complexity index is 310. The van der Waals surface area contributed by atoms with Crippen molar-refractivity contribution in [1.82, 2.24) is 5.32 Å². The van der Waals surface area contributed by atoms with E-state index in [4.69, 9.17) is 0 Å². The summed E-state index contributed by atoms with van der Waals surface area (Å²) in [5, 5.41) is 12.2. The fraction of sp³-hybridized carbons (Fsp3) is 0.857. The molecule has 18 heavy (non-hydrogen) atoms. The van der Waals surface area contributed by atoms with Gasteiger partial charge in [-0.1, -0.05) is 32.1 Å². The van der Waals surface area contributed by atoms with Gasteiger partial charge < -0.3 is 10.4 Å². The van der Waals surface area contributed by atoms with Crippen LogP contribution in [0.5, 0.6) is 0 Å². The van der Waals surface area contributed by atoms with Gasteiger partial charge in [0.15, 0.2) is 0 Å². The van der Waals surface area contributed by atoms with Gasteiger partial charge in [0, 0.05) is 12.0 Å². The lowest BCUT2D eigenvalue weighted by atomic mass is 9.83. The van der Waals surface area contributed by atoms with E-state index in [-0.39, 0.29) is 23.8 Å². The molecule has 2 unspecified atom stereocenters. The number of nitrogens with one attached hydrogen (secondary N) is 1. The van der Waals surface area contributed by atoms with Crippen molar-refractivity contribution in [2.75, 3.05) is 0 Å². The molecule has 0 radical (unpaired) electrons. The predicted octanol–water partition coefficient (Wildman–Crippen LogP) is 2.33. The second-order valence-electron chi connectivity index (χ2n) is 5.68. The Morgan fingerprint density at radius 2 is 1.50 bits per heavy atom. The highest BCUT2D eigenvalue weighted by atomic mass is 16.4. The first kappa shape index (κ1) is 13.4. The van der Waals surface area contributed by atoms with E-state index in [9.17, 15) is 14.7 Å². The fourth-order valence-electron chi connectivity index (χ4n) is 3.26. The molecule has 0 aromatic carbocycles. The molecule has 0 spiro atoms. The SMILES string of the molecule is O=C(NC1CCCCC1C(=O)O)C1CCCCC1. The topological polar surface area (TPSA) is 66.4 Å². The molecule has 2 saturated carbocycles. The molecular formula is C14H23NO3. The molecule has 2 rings (SSSR count). The van der Waals surface area contributed by atoms with Crippen LogP contribution in [-0.2, 0) is 9.59 Å². The average Bonchev–Trinajstić information content (AvgIpc) is 2.40. The van der Waals surface area contributed by atoms with E-state index < -0.39 is 5.97 Å². The minimum absolute atomic E-state index is 0.0906. The van der Waals surface area contributed by atoms with E-state index in [1.165, 1.54) is 6.42 Å². The Morgan fingerprint density at radius 1 is 0.889 bits per heavy atom. The number of rotatable bonds is 3. The van der Waals surface area contributed by atoms with E-state index in [0.29, 0.717) is 6.42 Å². The Balaban J connectivity index is 1.89. The lowest BCUT2D eigenvalue weighted by Gasteiger charge is -2.31. The molecule has 4 nitrogen and oxygen atoms in total. The van der Waals surface area contributed by atoms with Gasteiger partial charge in [0.25, 0.3) is 0 Å². The first-order valence-electron chi connectivity index (χ1n) is 7.21. The summed E-state index contributed by atoms with van der Waals surface area (Å²) in [4.78, 5) is 23.3. The maximum atomic E-state index is 12.1. The van der Waals surface area contributed by atoms with Crippen LogP contribution in [-0.4, -0.2) is 23.0 Å². The number of hydrogen-bond acceptors (Lipinski definition) is 2. The van der Waals surface area contributed by atoms with Crippen molar-refractivity contribution in [1.29, 1.82) is 0 Å². The van der Waals surface area contributed by atoms with E-state index in [0.717, 1.165) is 44.9 Å². The molecular weight excluding hydrogens is 230 g/mol. The highest BCUT2D eigenvalue weighted by Gasteiger charge is 2.33. The largest absolute Gasteiger partial charge is 0.481 e. The molecule has 0 heterocycles. The van der Waals surface area contributed by atoms with Gasteiger partial charge in [-0.3, -0.25) is 9.59 Å². The molecule has 2 N–H and O–H groups in total. The summed E-state index contributed by atoms with van der Waals surface area (Å²) in [7, 11) is 0. The van der Waals surface area contributed by atoms with Crippen LogP contribution < -0.4 is 5.32 Å². The second kappa shape index (κ2) is 6.21. The van der Waals surface area contributed by atoms with Crippen LogP contribution in [0.4, 0.5) is 0 Å². The minimum Gasteiger partial charge on any atom is -0.481 e. The van der Waals surface area contributed by atoms with Crippen molar-refractivity contribution in [2.24, 2.45) is 11.8 Å². The lowest BCUT2D eigenvalue weighted by Crippen LogP contribution is -2.47. The van der Waals surface area contributed by atoms with Crippen LogP contribution in [0.2, 0.25) is 0 Å². The van der Waals surface area contributed by atoms with Crippen molar-refractivity contribution in [2.45, 2.75) is 63.8 Å². The third-order valence-electron chi connectivity index (χ3n) is 4.39. The van der Waals surface area contributed by atoms with Crippen molar-refractivity contribution < 1.29 is 14.7 Å². The van der Waals surface area contributed by atoms with Crippen LogP contribution in [0.15, 0.2) is 0 Å². The fourth-order valence-corrected chi connectivity index (χ4v) is 3.26. The molecule has 102 valence electrons. The van der Waals surface area contributed by atoms with Crippen LogP contribution in [0.3, 0.4) is 0 Å². The van der Waals surface area contributed by atoms with E-state index in [1.54, 1.807) is 0 Å². The number of aliphatic carboxylic acids is 1. The van der Waals surface area contributed by atoms with Crippen molar-refractivity contribution in [3.05, 3.63) is 0 Å². The molecule has 2 fully saturated rings. The van der Waals surface area contributed by atoms with E-state index in [1.807, 2.05) is 0 Å². The van der Waals surface area contributed by atoms with Gasteiger partial charge in [-0.05, 0) is 25.7 Å². The van der Waals surface area contributed by atoms with Crippen molar-refractivity contribution in [3.8, 4) is 0 Å². The Labute approximate surface area is 108 Å². The lowest BCUT2D eigenvalue weighted by molar-refractivity contribution is -0.144. The van der Waals surface area contributed by atoms with Crippen LogP contribution in [0.1, 0.15) is 57.8 Å². The number of amides is 1. The molecule has 1 amide bonds. The summed E-state index contributed by atoms with van der Waals surface area (Å²) in [6, 6.07) is -0.148. The number of carbonyl (C=O) groups excluding carboxylic acids is 1. The van der Waals surface area contributed by atoms with Gasteiger partial charge in [0.05, 0.1) is 5.92 Å². The molecule has 0 saturated heterocycles. The number of carboxylic acid groups (broad SMARTS) is 1. The summed E-state index contributed by atoms with van der Waals surface area (Å²) < 4.78 is 0. The Kier molecular flexibility index (Phi) is 4.61. The normalized spacial score (nSPS) is 29.8. The summed E-state index contributed by atoms with van der Waals surface area (Å²) in [6.07, 6.45) is 8.93. The monoisotopic (exact) mass is 253 g/mol. The Hall–Kier alpha value is -1.06. The summed E-state index contributed by atoms with van der Waals surface area (Å²) in [6.45, 7) is 0. The molecule has 4 heteroatoms. The molecule has 2 aliphatic rings. The van der Waals surface area contributed by atoms with Gasteiger partial charge in [0.2, 0.25) is 5.91 Å². The van der Waals surface area contributed by atoms with Gasteiger partial charge in [-0.15, -0.1) is 0 Å². The molecule has 2 aliphatic carbocycles. The third-order valence-corrected chi connectivity index (χ3v) is 4.39. The maximum absolute atomic E-state index is 12.1.